The summed E-state index contributed by atoms with van der Waals surface area (Å²) < 4.78 is 47.4. The van der Waals surface area contributed by atoms with Gasteiger partial charge in [0, 0.05) is 31.5 Å². The van der Waals surface area contributed by atoms with E-state index in [4.69, 9.17) is 4.74 Å². The maximum Gasteiger partial charge on any atom is 0.422 e. The van der Waals surface area contributed by atoms with Crippen molar-refractivity contribution in [1.82, 2.24) is 4.90 Å². The first-order valence-corrected chi connectivity index (χ1v) is 9.54. The molecule has 1 aliphatic heterocycles. The van der Waals surface area contributed by atoms with E-state index in [0.717, 1.165) is 29.7 Å². The molecule has 0 bridgehead atoms. The Bertz CT molecular complexity index is 841. The van der Waals surface area contributed by atoms with Crippen LogP contribution in [0.2, 0.25) is 0 Å². The number of aryl methyl sites for hydroxylation is 2. The van der Waals surface area contributed by atoms with Crippen LogP contribution in [-0.4, -0.2) is 42.8 Å². The quantitative estimate of drug-likeness (QED) is 0.706. The summed E-state index contributed by atoms with van der Waals surface area (Å²) in [6, 6.07) is 11.9. The van der Waals surface area contributed by atoms with Crippen molar-refractivity contribution in [3.63, 3.8) is 0 Å². The summed E-state index contributed by atoms with van der Waals surface area (Å²) in [6.45, 7) is 3.82. The molecule has 0 atom stereocenters. The minimum atomic E-state index is -4.39. The third-order valence-electron chi connectivity index (χ3n) is 4.87. The van der Waals surface area contributed by atoms with Crippen molar-refractivity contribution in [2.45, 2.75) is 39.0 Å². The molecule has 1 aliphatic rings. The predicted molar refractivity (Wildman–Crippen MR) is 103 cm³/mol. The second-order valence-electron chi connectivity index (χ2n) is 7.31. The lowest BCUT2D eigenvalue weighted by atomic mass is 10.1. The summed E-state index contributed by atoms with van der Waals surface area (Å²) in [5.41, 5.74) is 2.65. The van der Waals surface area contributed by atoms with Crippen molar-refractivity contribution < 1.29 is 27.4 Å². The Balaban J connectivity index is 1.52. The Morgan fingerprint density at radius 3 is 2.34 bits per heavy atom. The highest BCUT2D eigenvalue weighted by molar-refractivity contribution is 5.94. The number of alkyl halides is 3. The normalized spacial score (nSPS) is 15.3. The van der Waals surface area contributed by atoms with Crippen molar-refractivity contribution in [1.29, 1.82) is 0 Å². The fourth-order valence-electron chi connectivity index (χ4n) is 3.23. The second kappa shape index (κ2) is 8.76. The molecule has 7 heteroatoms. The summed E-state index contributed by atoms with van der Waals surface area (Å²) in [5, 5.41) is 0. The SMILES string of the molecule is Cc1ccc(C)c(OC2CCN(C(=O)c3ccc(OCC(F)(F)F)cc3)CC2)c1. The Labute approximate surface area is 168 Å². The molecule has 0 aliphatic carbocycles. The van der Waals surface area contributed by atoms with Crippen LogP contribution in [0.1, 0.15) is 34.3 Å². The van der Waals surface area contributed by atoms with E-state index in [2.05, 4.69) is 4.74 Å². The van der Waals surface area contributed by atoms with Gasteiger partial charge in [-0.3, -0.25) is 4.79 Å². The molecule has 0 spiro atoms. The van der Waals surface area contributed by atoms with Crippen LogP contribution in [0.5, 0.6) is 11.5 Å². The fourth-order valence-corrected chi connectivity index (χ4v) is 3.23. The summed E-state index contributed by atoms with van der Waals surface area (Å²) >= 11 is 0. The molecule has 1 amide bonds. The van der Waals surface area contributed by atoms with Crippen LogP contribution in [0.25, 0.3) is 0 Å². The number of carbonyl (C=O) groups is 1. The van der Waals surface area contributed by atoms with E-state index in [-0.39, 0.29) is 17.8 Å². The van der Waals surface area contributed by atoms with E-state index in [1.54, 1.807) is 4.90 Å². The molecule has 3 rings (SSSR count). The number of halogens is 3. The van der Waals surface area contributed by atoms with Crippen LogP contribution in [0.4, 0.5) is 13.2 Å². The number of ether oxygens (including phenoxy) is 2. The molecule has 1 saturated heterocycles. The van der Waals surface area contributed by atoms with E-state index in [1.165, 1.54) is 24.3 Å². The van der Waals surface area contributed by atoms with Crippen LogP contribution in [-0.2, 0) is 0 Å². The van der Waals surface area contributed by atoms with Crippen molar-refractivity contribution >= 4 is 5.91 Å². The van der Waals surface area contributed by atoms with Crippen LogP contribution in [0.3, 0.4) is 0 Å². The largest absolute Gasteiger partial charge is 0.490 e. The average Bonchev–Trinajstić information content (AvgIpc) is 2.69. The zero-order valence-electron chi connectivity index (χ0n) is 16.5. The van der Waals surface area contributed by atoms with Crippen molar-refractivity contribution in [2.24, 2.45) is 0 Å². The van der Waals surface area contributed by atoms with Gasteiger partial charge in [0.1, 0.15) is 17.6 Å². The summed E-state index contributed by atoms with van der Waals surface area (Å²) in [5.74, 6) is 0.821. The topological polar surface area (TPSA) is 38.8 Å². The second-order valence-corrected chi connectivity index (χ2v) is 7.31. The van der Waals surface area contributed by atoms with E-state index >= 15 is 0 Å². The predicted octanol–water partition coefficient (Wildman–Crippen LogP) is 4.93. The first kappa shape index (κ1) is 21.0. The van der Waals surface area contributed by atoms with E-state index in [1.807, 2.05) is 32.0 Å². The third kappa shape index (κ3) is 5.89. The maximum atomic E-state index is 12.7. The van der Waals surface area contributed by atoms with Gasteiger partial charge in [0.05, 0.1) is 0 Å². The van der Waals surface area contributed by atoms with Crippen LogP contribution >= 0.6 is 0 Å². The van der Waals surface area contributed by atoms with E-state index < -0.39 is 12.8 Å². The Hall–Kier alpha value is -2.70. The molecule has 0 saturated carbocycles. The molecule has 1 heterocycles. The van der Waals surface area contributed by atoms with Crippen molar-refractivity contribution in [3.8, 4) is 11.5 Å². The van der Waals surface area contributed by atoms with E-state index in [9.17, 15) is 18.0 Å². The highest BCUT2D eigenvalue weighted by atomic mass is 19.4. The molecule has 0 N–H and O–H groups in total. The number of piperidine rings is 1. The molecule has 4 nitrogen and oxygen atoms in total. The molecule has 0 radical (unpaired) electrons. The van der Waals surface area contributed by atoms with Crippen LogP contribution in [0.15, 0.2) is 42.5 Å². The number of benzene rings is 2. The number of hydrogen-bond acceptors (Lipinski definition) is 3. The van der Waals surface area contributed by atoms with Crippen molar-refractivity contribution in [2.75, 3.05) is 19.7 Å². The highest BCUT2D eigenvalue weighted by Crippen LogP contribution is 2.25. The Kier molecular flexibility index (Phi) is 6.35. The average molecular weight is 407 g/mol. The van der Waals surface area contributed by atoms with Gasteiger partial charge in [0.15, 0.2) is 6.61 Å². The number of nitrogens with zero attached hydrogens (tertiary/aromatic N) is 1. The molecular weight excluding hydrogens is 383 g/mol. The standard InChI is InChI=1S/C22H24F3NO3/c1-15-3-4-16(2)20(13-15)29-19-9-11-26(12-10-19)21(27)17-5-7-18(8-6-17)28-14-22(23,24)25/h3-8,13,19H,9-12,14H2,1-2H3. The highest BCUT2D eigenvalue weighted by Gasteiger charge is 2.28. The van der Waals surface area contributed by atoms with E-state index in [0.29, 0.717) is 18.7 Å². The lowest BCUT2D eigenvalue weighted by Crippen LogP contribution is -2.41. The lowest BCUT2D eigenvalue weighted by Gasteiger charge is -2.32. The number of likely N-dealkylation sites (tertiary alicyclic amines) is 1. The molecule has 0 unspecified atom stereocenters. The van der Waals surface area contributed by atoms with Gasteiger partial charge in [-0.05, 0) is 55.3 Å². The molecule has 1 fully saturated rings. The number of amides is 1. The lowest BCUT2D eigenvalue weighted by molar-refractivity contribution is -0.153. The van der Waals surface area contributed by atoms with Gasteiger partial charge in [-0.25, -0.2) is 0 Å². The van der Waals surface area contributed by atoms with Gasteiger partial charge in [-0.2, -0.15) is 13.2 Å². The fraction of sp³-hybridized carbons (Fsp3) is 0.409. The molecule has 2 aromatic carbocycles. The van der Waals surface area contributed by atoms with Gasteiger partial charge in [-0.1, -0.05) is 12.1 Å². The number of carbonyl (C=O) groups excluding carboxylic acids is 1. The minimum Gasteiger partial charge on any atom is -0.490 e. The smallest absolute Gasteiger partial charge is 0.422 e. The van der Waals surface area contributed by atoms with Gasteiger partial charge in [0.25, 0.3) is 5.91 Å². The molecule has 0 aromatic heterocycles. The monoisotopic (exact) mass is 407 g/mol. The van der Waals surface area contributed by atoms with Gasteiger partial charge in [0.2, 0.25) is 0 Å². The summed E-state index contributed by atoms with van der Waals surface area (Å²) in [4.78, 5) is 14.4. The number of hydrogen-bond donors (Lipinski definition) is 0. The van der Waals surface area contributed by atoms with Crippen LogP contribution < -0.4 is 9.47 Å². The van der Waals surface area contributed by atoms with Gasteiger partial charge >= 0.3 is 6.18 Å². The zero-order chi connectivity index (χ0) is 21.0. The first-order chi connectivity index (χ1) is 13.7. The minimum absolute atomic E-state index is 0.0534. The Morgan fingerprint density at radius 2 is 1.72 bits per heavy atom. The molecule has 29 heavy (non-hydrogen) atoms. The van der Waals surface area contributed by atoms with Crippen molar-refractivity contribution in [3.05, 3.63) is 59.2 Å². The van der Waals surface area contributed by atoms with Gasteiger partial charge in [-0.15, -0.1) is 0 Å². The zero-order valence-corrected chi connectivity index (χ0v) is 16.5. The maximum absolute atomic E-state index is 12.7. The third-order valence-corrected chi connectivity index (χ3v) is 4.87. The Morgan fingerprint density at radius 1 is 1.07 bits per heavy atom. The summed E-state index contributed by atoms with van der Waals surface area (Å²) in [7, 11) is 0. The molecule has 156 valence electrons. The number of rotatable bonds is 5. The first-order valence-electron chi connectivity index (χ1n) is 9.54. The molecule has 2 aromatic rings. The van der Waals surface area contributed by atoms with Crippen LogP contribution in [0, 0.1) is 13.8 Å². The summed E-state index contributed by atoms with van der Waals surface area (Å²) in [6.07, 6.45) is -2.88. The van der Waals surface area contributed by atoms with Gasteiger partial charge < -0.3 is 14.4 Å². The molecular formula is C22H24F3NO3.